The molecule has 1 unspecified atom stereocenters. The van der Waals surface area contributed by atoms with Crippen molar-refractivity contribution < 1.29 is 15.0 Å². The van der Waals surface area contributed by atoms with Crippen LogP contribution in [-0.4, -0.2) is 20.7 Å². The molecule has 0 aliphatic heterocycles. The van der Waals surface area contributed by atoms with E-state index in [4.69, 9.17) is 17.3 Å². The number of hydrogen-bond acceptors (Lipinski definition) is 4. The van der Waals surface area contributed by atoms with E-state index in [9.17, 15) is 9.90 Å². The number of rotatable bonds is 5. The average molecular weight is 339 g/mol. The lowest BCUT2D eigenvalue weighted by Gasteiger charge is -2.18. The van der Waals surface area contributed by atoms with Crippen molar-refractivity contribution >= 4 is 35.6 Å². The number of aromatic nitrogens is 1. The molecule has 0 saturated heterocycles. The first kappa shape index (κ1) is 17.0. The fraction of sp³-hybridized carbons (Fsp3) is 0.500. The van der Waals surface area contributed by atoms with Crippen molar-refractivity contribution in [2.24, 2.45) is 5.92 Å². The van der Waals surface area contributed by atoms with Crippen molar-refractivity contribution in [1.29, 1.82) is 0 Å². The fourth-order valence-electron chi connectivity index (χ4n) is 2.84. The SMILES string of the molecule is CC1=CC(C)CC(=Cc2sc(=S)n(CCCC(=O)O)c2O)C1. The predicted octanol–water partition coefficient (Wildman–Crippen LogP) is 4.61. The van der Waals surface area contributed by atoms with E-state index in [1.165, 1.54) is 22.5 Å². The molecule has 2 rings (SSSR count). The molecule has 1 aromatic heterocycles. The summed E-state index contributed by atoms with van der Waals surface area (Å²) in [5.41, 5.74) is 2.66. The van der Waals surface area contributed by atoms with Gasteiger partial charge >= 0.3 is 5.97 Å². The van der Waals surface area contributed by atoms with Crippen LogP contribution < -0.4 is 0 Å². The first-order chi connectivity index (χ1) is 10.4. The summed E-state index contributed by atoms with van der Waals surface area (Å²) >= 11 is 6.67. The van der Waals surface area contributed by atoms with Crippen molar-refractivity contribution in [3.05, 3.63) is 26.1 Å². The quantitative estimate of drug-likeness (QED) is 0.607. The van der Waals surface area contributed by atoms with Gasteiger partial charge in [0.2, 0.25) is 5.88 Å². The Balaban J connectivity index is 2.18. The molecular weight excluding hydrogens is 318 g/mol. The highest BCUT2D eigenvalue weighted by atomic mass is 32.1. The Hall–Kier alpha value is -1.40. The highest BCUT2D eigenvalue weighted by Gasteiger charge is 2.15. The molecule has 1 aliphatic carbocycles. The summed E-state index contributed by atoms with van der Waals surface area (Å²) in [7, 11) is 0. The van der Waals surface area contributed by atoms with Gasteiger partial charge < -0.3 is 10.2 Å². The van der Waals surface area contributed by atoms with Crippen LogP contribution in [0.4, 0.5) is 0 Å². The van der Waals surface area contributed by atoms with Gasteiger partial charge in [-0.05, 0) is 50.4 Å². The van der Waals surface area contributed by atoms with Crippen LogP contribution in [0.5, 0.6) is 5.88 Å². The van der Waals surface area contributed by atoms with Gasteiger partial charge in [-0.3, -0.25) is 9.36 Å². The minimum atomic E-state index is -0.831. The Kier molecular flexibility index (Phi) is 5.58. The average Bonchev–Trinajstić information content (AvgIpc) is 2.64. The van der Waals surface area contributed by atoms with E-state index in [-0.39, 0.29) is 12.3 Å². The van der Waals surface area contributed by atoms with Gasteiger partial charge in [-0.2, -0.15) is 0 Å². The van der Waals surface area contributed by atoms with E-state index in [1.54, 1.807) is 4.57 Å². The Labute approximate surface area is 139 Å². The van der Waals surface area contributed by atoms with Crippen molar-refractivity contribution in [2.75, 3.05) is 0 Å². The van der Waals surface area contributed by atoms with Gasteiger partial charge in [-0.25, -0.2) is 0 Å². The van der Waals surface area contributed by atoms with Crippen molar-refractivity contribution in [2.45, 2.75) is 46.1 Å². The van der Waals surface area contributed by atoms with Gasteiger partial charge in [0.15, 0.2) is 3.95 Å². The lowest BCUT2D eigenvalue weighted by molar-refractivity contribution is -0.137. The number of carbonyl (C=O) groups is 1. The molecule has 1 aliphatic rings. The maximum absolute atomic E-state index is 10.6. The summed E-state index contributed by atoms with van der Waals surface area (Å²) in [6, 6.07) is 0. The van der Waals surface area contributed by atoms with Crippen molar-refractivity contribution in [3.8, 4) is 5.88 Å². The zero-order valence-electron chi connectivity index (χ0n) is 12.8. The number of thiazole rings is 1. The van der Waals surface area contributed by atoms with E-state index in [2.05, 4.69) is 19.9 Å². The van der Waals surface area contributed by atoms with Gasteiger partial charge in [0.25, 0.3) is 0 Å². The number of hydrogen-bond donors (Lipinski definition) is 2. The second kappa shape index (κ2) is 7.24. The Morgan fingerprint density at radius 2 is 2.32 bits per heavy atom. The van der Waals surface area contributed by atoms with Gasteiger partial charge in [-0.1, -0.05) is 24.1 Å². The van der Waals surface area contributed by atoms with E-state index in [1.807, 2.05) is 6.08 Å². The van der Waals surface area contributed by atoms with Crippen LogP contribution >= 0.6 is 23.6 Å². The molecule has 1 atom stereocenters. The highest BCUT2D eigenvalue weighted by Crippen LogP contribution is 2.33. The molecule has 0 saturated carbocycles. The van der Waals surface area contributed by atoms with E-state index < -0.39 is 5.97 Å². The fourth-order valence-corrected chi connectivity index (χ4v) is 4.19. The summed E-state index contributed by atoms with van der Waals surface area (Å²) in [6.07, 6.45) is 6.80. The Morgan fingerprint density at radius 3 is 2.95 bits per heavy atom. The van der Waals surface area contributed by atoms with Crippen molar-refractivity contribution in [3.63, 3.8) is 0 Å². The van der Waals surface area contributed by atoms with Gasteiger partial charge in [0, 0.05) is 13.0 Å². The highest BCUT2D eigenvalue weighted by molar-refractivity contribution is 7.73. The number of aromatic hydroxyl groups is 1. The molecule has 120 valence electrons. The zero-order valence-corrected chi connectivity index (χ0v) is 14.5. The Morgan fingerprint density at radius 1 is 1.59 bits per heavy atom. The molecule has 4 nitrogen and oxygen atoms in total. The summed E-state index contributed by atoms with van der Waals surface area (Å²) in [6.45, 7) is 4.75. The number of carboxylic acid groups (broad SMARTS) is 1. The molecule has 0 aromatic carbocycles. The van der Waals surface area contributed by atoms with E-state index in [0.717, 1.165) is 17.7 Å². The lowest BCUT2D eigenvalue weighted by Crippen LogP contribution is -2.02. The van der Waals surface area contributed by atoms with Gasteiger partial charge in [0.1, 0.15) is 0 Å². The number of nitrogens with zero attached hydrogens (tertiary/aromatic N) is 1. The van der Waals surface area contributed by atoms with Crippen LogP contribution in [0, 0.1) is 9.87 Å². The van der Waals surface area contributed by atoms with Crippen LogP contribution in [0.15, 0.2) is 17.2 Å². The summed E-state index contributed by atoms with van der Waals surface area (Å²) in [5, 5.41) is 19.0. The monoisotopic (exact) mass is 339 g/mol. The molecule has 0 bridgehead atoms. The van der Waals surface area contributed by atoms with Crippen molar-refractivity contribution in [1.82, 2.24) is 4.57 Å². The first-order valence-electron chi connectivity index (χ1n) is 7.38. The van der Waals surface area contributed by atoms with Crippen LogP contribution in [0.1, 0.15) is 44.4 Å². The third kappa shape index (κ3) is 4.30. The molecule has 0 spiro atoms. The van der Waals surface area contributed by atoms with Gasteiger partial charge in [-0.15, -0.1) is 11.3 Å². The standard InChI is InChI=1S/C16H21NO3S2/c1-10-6-11(2)8-12(7-10)9-13-15(20)17(16(21)22-13)5-3-4-14(18)19/h6,9-10,20H,3-5,7-8H2,1-2H3,(H,18,19). The molecule has 2 N–H and O–H groups in total. The van der Waals surface area contributed by atoms with Crippen LogP contribution in [0.3, 0.4) is 0 Å². The topological polar surface area (TPSA) is 62.5 Å². The zero-order chi connectivity index (χ0) is 16.3. The maximum atomic E-state index is 10.6. The third-order valence-electron chi connectivity index (χ3n) is 3.66. The van der Waals surface area contributed by atoms with Gasteiger partial charge in [0.05, 0.1) is 4.88 Å². The van der Waals surface area contributed by atoms with Crippen LogP contribution in [0.2, 0.25) is 0 Å². The largest absolute Gasteiger partial charge is 0.493 e. The summed E-state index contributed by atoms with van der Waals surface area (Å²) in [4.78, 5) is 11.4. The molecule has 6 heteroatoms. The number of aliphatic carboxylic acids is 1. The molecule has 0 amide bonds. The van der Waals surface area contributed by atoms with Crippen LogP contribution in [-0.2, 0) is 11.3 Å². The third-order valence-corrected chi connectivity index (χ3v) is 5.05. The predicted molar refractivity (Wildman–Crippen MR) is 91.8 cm³/mol. The van der Waals surface area contributed by atoms with Crippen LogP contribution in [0.25, 0.3) is 6.08 Å². The molecule has 0 fully saturated rings. The molecular formula is C16H21NO3S2. The maximum Gasteiger partial charge on any atom is 0.303 e. The molecule has 22 heavy (non-hydrogen) atoms. The molecule has 0 radical (unpaired) electrons. The summed E-state index contributed by atoms with van der Waals surface area (Å²) < 4.78 is 2.22. The van der Waals surface area contributed by atoms with E-state index in [0.29, 0.717) is 22.8 Å². The smallest absolute Gasteiger partial charge is 0.303 e. The minimum absolute atomic E-state index is 0.0784. The first-order valence-corrected chi connectivity index (χ1v) is 8.60. The Bertz CT molecular complexity index is 682. The molecule has 1 aromatic rings. The molecule has 1 heterocycles. The second-order valence-electron chi connectivity index (χ2n) is 5.88. The lowest BCUT2D eigenvalue weighted by atomic mass is 9.88. The second-order valence-corrected chi connectivity index (χ2v) is 7.55. The normalized spacial score (nSPS) is 20.2. The number of carboxylic acids is 1. The van der Waals surface area contributed by atoms with E-state index >= 15 is 0 Å². The summed E-state index contributed by atoms with van der Waals surface area (Å²) in [5.74, 6) is -0.150. The number of allylic oxidation sites excluding steroid dienone is 3. The minimum Gasteiger partial charge on any atom is -0.493 e.